The number of carbonyl (C=O) groups excluding carboxylic acids is 2. The van der Waals surface area contributed by atoms with E-state index < -0.39 is 23.2 Å². The van der Waals surface area contributed by atoms with Crippen LogP contribution in [0, 0.1) is 0 Å². The molecule has 0 atom stereocenters. The lowest BCUT2D eigenvalue weighted by Crippen LogP contribution is -2.26. The Morgan fingerprint density at radius 1 is 0.955 bits per heavy atom. The maximum absolute atomic E-state index is 14.3. The van der Waals surface area contributed by atoms with E-state index in [9.17, 15) is 18.4 Å². The van der Waals surface area contributed by atoms with E-state index in [0.717, 1.165) is 12.1 Å². The van der Waals surface area contributed by atoms with Crippen molar-refractivity contribution in [1.29, 1.82) is 0 Å². The van der Waals surface area contributed by atoms with Gasteiger partial charge in [0.1, 0.15) is 0 Å². The summed E-state index contributed by atoms with van der Waals surface area (Å²) < 4.78 is 33.3. The van der Waals surface area contributed by atoms with Crippen LogP contribution in [0.2, 0.25) is 0 Å². The normalized spacial score (nSPS) is 11.0. The molecule has 0 aliphatic heterocycles. The van der Waals surface area contributed by atoms with Gasteiger partial charge in [-0.15, -0.1) is 0 Å². The first-order valence-electron chi connectivity index (χ1n) is 6.72. The van der Waals surface area contributed by atoms with Crippen LogP contribution >= 0.6 is 0 Å². The van der Waals surface area contributed by atoms with Gasteiger partial charge in [-0.2, -0.15) is 8.78 Å². The second kappa shape index (κ2) is 6.47. The van der Waals surface area contributed by atoms with Crippen molar-refractivity contribution in [3.8, 4) is 0 Å². The quantitative estimate of drug-likeness (QED) is 0.622. The predicted octanol–water partition coefficient (Wildman–Crippen LogP) is 3.84. The molecule has 0 N–H and O–H groups in total. The molecule has 2 aromatic rings. The minimum Gasteiger partial charge on any atom is -0.462 e. The minimum absolute atomic E-state index is 0.0676. The van der Waals surface area contributed by atoms with E-state index >= 15 is 0 Å². The van der Waals surface area contributed by atoms with E-state index in [1.807, 2.05) is 0 Å². The first-order chi connectivity index (χ1) is 10.5. The van der Waals surface area contributed by atoms with Crippen LogP contribution in [-0.2, 0) is 10.7 Å². The number of alkyl halides is 2. The summed E-state index contributed by atoms with van der Waals surface area (Å²) in [5.74, 6) is -5.53. The van der Waals surface area contributed by atoms with Crippen molar-refractivity contribution < 1.29 is 23.1 Å². The van der Waals surface area contributed by atoms with Crippen LogP contribution in [0.25, 0.3) is 0 Å². The number of esters is 1. The van der Waals surface area contributed by atoms with Gasteiger partial charge in [0.05, 0.1) is 12.2 Å². The second-order valence-electron chi connectivity index (χ2n) is 4.57. The molecule has 0 amide bonds. The highest BCUT2D eigenvalue weighted by molar-refractivity contribution is 6.02. The molecular formula is C17H14F2O3. The van der Waals surface area contributed by atoms with Gasteiger partial charge in [0.2, 0.25) is 5.78 Å². The molecule has 0 aliphatic rings. The molecule has 0 saturated heterocycles. The van der Waals surface area contributed by atoms with Crippen LogP contribution in [0.5, 0.6) is 0 Å². The first-order valence-corrected chi connectivity index (χ1v) is 6.72. The zero-order valence-corrected chi connectivity index (χ0v) is 11.9. The van der Waals surface area contributed by atoms with Crippen LogP contribution in [0.4, 0.5) is 8.78 Å². The first kappa shape index (κ1) is 15.8. The van der Waals surface area contributed by atoms with E-state index in [1.54, 1.807) is 13.0 Å². The molecule has 0 bridgehead atoms. The fourth-order valence-corrected chi connectivity index (χ4v) is 1.93. The van der Waals surface area contributed by atoms with Crippen molar-refractivity contribution in [2.45, 2.75) is 12.8 Å². The Hall–Kier alpha value is -2.56. The highest BCUT2D eigenvalue weighted by Gasteiger charge is 2.41. The largest absolute Gasteiger partial charge is 0.462 e. The third-order valence-corrected chi connectivity index (χ3v) is 3.08. The molecule has 2 aromatic carbocycles. The number of Topliss-reactive ketones (excluding diaryl/α,β-unsaturated/α-hetero) is 1. The van der Waals surface area contributed by atoms with Gasteiger partial charge in [0, 0.05) is 11.1 Å². The van der Waals surface area contributed by atoms with Gasteiger partial charge in [-0.3, -0.25) is 4.79 Å². The number of benzene rings is 2. The van der Waals surface area contributed by atoms with E-state index in [0.29, 0.717) is 0 Å². The van der Waals surface area contributed by atoms with Gasteiger partial charge in [0.25, 0.3) is 0 Å². The number of rotatable bonds is 5. The molecule has 0 saturated carbocycles. The summed E-state index contributed by atoms with van der Waals surface area (Å²) in [7, 11) is 0. The lowest BCUT2D eigenvalue weighted by Gasteiger charge is -2.15. The van der Waals surface area contributed by atoms with E-state index in [-0.39, 0.29) is 17.7 Å². The molecule has 0 fully saturated rings. The molecule has 0 radical (unpaired) electrons. The minimum atomic E-state index is -3.66. The average Bonchev–Trinajstić information content (AvgIpc) is 2.55. The van der Waals surface area contributed by atoms with Crippen molar-refractivity contribution in [1.82, 2.24) is 0 Å². The molecule has 2 rings (SSSR count). The predicted molar refractivity (Wildman–Crippen MR) is 77.1 cm³/mol. The second-order valence-corrected chi connectivity index (χ2v) is 4.57. The van der Waals surface area contributed by atoms with Gasteiger partial charge in [-0.25, -0.2) is 4.79 Å². The molecule has 0 heterocycles. The SMILES string of the molecule is CCOC(=O)c1ccc(C(F)(F)C(=O)c2ccccc2)cc1. The average molecular weight is 304 g/mol. The van der Waals surface area contributed by atoms with Crippen molar-refractivity contribution in [2.75, 3.05) is 6.61 Å². The van der Waals surface area contributed by atoms with E-state index in [1.165, 1.54) is 36.4 Å². The smallest absolute Gasteiger partial charge is 0.338 e. The monoisotopic (exact) mass is 304 g/mol. The molecule has 0 unspecified atom stereocenters. The van der Waals surface area contributed by atoms with Gasteiger partial charge < -0.3 is 4.74 Å². The van der Waals surface area contributed by atoms with Crippen LogP contribution < -0.4 is 0 Å². The number of hydrogen-bond donors (Lipinski definition) is 0. The zero-order valence-electron chi connectivity index (χ0n) is 11.9. The molecular weight excluding hydrogens is 290 g/mol. The van der Waals surface area contributed by atoms with Crippen LogP contribution in [0.1, 0.15) is 33.2 Å². The lowest BCUT2D eigenvalue weighted by molar-refractivity contribution is 0.00741. The number of hydrogen-bond acceptors (Lipinski definition) is 3. The number of ketones is 1. The number of halogens is 2. The Morgan fingerprint density at radius 2 is 1.55 bits per heavy atom. The van der Waals surface area contributed by atoms with E-state index in [4.69, 9.17) is 4.74 Å². The topological polar surface area (TPSA) is 43.4 Å². The molecule has 0 aromatic heterocycles. The number of carbonyl (C=O) groups is 2. The summed E-state index contributed by atoms with van der Waals surface area (Å²) in [6.45, 7) is 1.85. The van der Waals surface area contributed by atoms with Crippen molar-refractivity contribution in [3.63, 3.8) is 0 Å². The Bertz CT molecular complexity index is 664. The molecule has 0 spiro atoms. The van der Waals surface area contributed by atoms with Gasteiger partial charge in [0.15, 0.2) is 0 Å². The van der Waals surface area contributed by atoms with Crippen LogP contribution in [0.15, 0.2) is 54.6 Å². The summed E-state index contributed by atoms with van der Waals surface area (Å²) in [4.78, 5) is 23.4. The Balaban J connectivity index is 2.26. The third kappa shape index (κ3) is 3.19. The summed E-state index contributed by atoms with van der Waals surface area (Å²) in [5.41, 5.74) is -0.370. The Morgan fingerprint density at radius 3 is 2.09 bits per heavy atom. The lowest BCUT2D eigenvalue weighted by atomic mass is 9.98. The molecule has 114 valence electrons. The standard InChI is InChI=1S/C17H14F2O3/c1-2-22-16(21)13-8-10-14(11-9-13)17(18,19)15(20)12-6-4-3-5-7-12/h3-11H,2H2,1H3. The van der Waals surface area contributed by atoms with Crippen LogP contribution in [0.3, 0.4) is 0 Å². The fourth-order valence-electron chi connectivity index (χ4n) is 1.93. The fraction of sp³-hybridized carbons (Fsp3) is 0.176. The van der Waals surface area contributed by atoms with E-state index in [2.05, 4.69) is 0 Å². The highest BCUT2D eigenvalue weighted by Crippen LogP contribution is 2.32. The number of ether oxygens (including phenoxy) is 1. The molecule has 22 heavy (non-hydrogen) atoms. The van der Waals surface area contributed by atoms with Crippen molar-refractivity contribution in [2.24, 2.45) is 0 Å². The van der Waals surface area contributed by atoms with Crippen molar-refractivity contribution >= 4 is 11.8 Å². The third-order valence-electron chi connectivity index (χ3n) is 3.08. The van der Waals surface area contributed by atoms with Gasteiger partial charge in [-0.1, -0.05) is 42.5 Å². The zero-order chi connectivity index (χ0) is 16.2. The summed E-state index contributed by atoms with van der Waals surface area (Å²) in [5, 5.41) is 0. The van der Waals surface area contributed by atoms with Gasteiger partial charge in [-0.05, 0) is 19.1 Å². The Labute approximate surface area is 126 Å². The Kier molecular flexibility index (Phi) is 4.65. The van der Waals surface area contributed by atoms with Gasteiger partial charge >= 0.3 is 11.9 Å². The van der Waals surface area contributed by atoms with Crippen LogP contribution in [-0.4, -0.2) is 18.4 Å². The molecule has 5 heteroatoms. The summed E-state index contributed by atoms with van der Waals surface area (Å²) >= 11 is 0. The maximum atomic E-state index is 14.3. The maximum Gasteiger partial charge on any atom is 0.338 e. The highest BCUT2D eigenvalue weighted by atomic mass is 19.3. The molecule has 0 aliphatic carbocycles. The summed E-state index contributed by atoms with van der Waals surface area (Å²) in [6, 6.07) is 11.9. The molecule has 3 nitrogen and oxygen atoms in total. The summed E-state index contributed by atoms with van der Waals surface area (Å²) in [6.07, 6.45) is 0. The van der Waals surface area contributed by atoms with Crippen molar-refractivity contribution in [3.05, 3.63) is 71.3 Å².